The summed E-state index contributed by atoms with van der Waals surface area (Å²) < 4.78 is 41.5. The van der Waals surface area contributed by atoms with Crippen LogP contribution < -0.4 is 5.32 Å². The van der Waals surface area contributed by atoms with Gasteiger partial charge in [-0.2, -0.15) is 8.42 Å². The second-order valence-electron chi connectivity index (χ2n) is 11.5. The van der Waals surface area contributed by atoms with Crippen molar-refractivity contribution in [3.05, 3.63) is 0 Å². The first-order chi connectivity index (χ1) is 20.2. The molecule has 0 radical (unpaired) electrons. The number of hydrogen-bond donors (Lipinski definition) is 2. The largest absolute Gasteiger partial charge is 0.466 e. The number of nitrogens with one attached hydrogen (secondary N) is 1. The molecule has 0 saturated heterocycles. The summed E-state index contributed by atoms with van der Waals surface area (Å²) in [5.41, 5.74) is 0. The third kappa shape index (κ3) is 28.4. The molecule has 0 heterocycles. The minimum Gasteiger partial charge on any atom is -0.466 e. The lowest BCUT2D eigenvalue weighted by Gasteiger charge is -2.17. The molecule has 0 rings (SSSR count). The fourth-order valence-corrected chi connectivity index (χ4v) is 5.23. The smallest absolute Gasteiger partial charge is 0.329 e. The molecule has 1 atom stereocenters. The van der Waals surface area contributed by atoms with Crippen LogP contribution in [-0.4, -0.2) is 55.8 Å². The van der Waals surface area contributed by atoms with Crippen LogP contribution in [0.3, 0.4) is 0 Å². The van der Waals surface area contributed by atoms with Crippen molar-refractivity contribution in [2.24, 2.45) is 0 Å². The molecule has 0 aromatic carbocycles. The number of ether oxygens (including phenoxy) is 2. The van der Waals surface area contributed by atoms with E-state index in [2.05, 4.69) is 19.2 Å². The van der Waals surface area contributed by atoms with E-state index in [-0.39, 0.29) is 13.2 Å². The number of amides is 1. The van der Waals surface area contributed by atoms with Crippen LogP contribution in [0.2, 0.25) is 0 Å². The lowest BCUT2D eigenvalue weighted by molar-refractivity contribution is -0.153. The zero-order valence-electron chi connectivity index (χ0n) is 26.7. The highest BCUT2D eigenvalue weighted by atomic mass is 32.2. The van der Waals surface area contributed by atoms with Gasteiger partial charge in [-0.15, -0.1) is 0 Å². The second kappa shape index (κ2) is 28.1. The fraction of sp³-hybridized carbons (Fsp3) is 0.906. The first-order valence-electron chi connectivity index (χ1n) is 16.8. The van der Waals surface area contributed by atoms with Gasteiger partial charge in [0.1, 0.15) is 6.04 Å². The molecule has 42 heavy (non-hydrogen) atoms. The molecule has 1 unspecified atom stereocenters. The standard InChI is InChI=1S/C32H61NO8S/c1-3-5-7-9-11-13-15-17-19-21-23-25-40-31(35)27-29(33-30(34)28-42(37,38)39)32(36)41-26-24-22-20-18-16-14-12-10-8-6-4-2/h29H,3-28H2,1-2H3,(H,33,34)(H,37,38,39). The Morgan fingerprint density at radius 3 is 1.33 bits per heavy atom. The first-order valence-corrected chi connectivity index (χ1v) is 18.4. The Morgan fingerprint density at radius 1 is 0.595 bits per heavy atom. The summed E-state index contributed by atoms with van der Waals surface area (Å²) >= 11 is 0. The Balaban J connectivity index is 4.24. The zero-order chi connectivity index (χ0) is 31.3. The molecule has 0 aromatic heterocycles. The maximum Gasteiger partial charge on any atom is 0.329 e. The number of esters is 2. The first kappa shape index (κ1) is 40.3. The Hall–Kier alpha value is -1.68. The maximum atomic E-state index is 12.6. The number of hydrogen-bond acceptors (Lipinski definition) is 7. The monoisotopic (exact) mass is 619 g/mol. The highest BCUT2D eigenvalue weighted by Crippen LogP contribution is 2.13. The number of carbonyl (C=O) groups excluding carboxylic acids is 3. The molecule has 248 valence electrons. The zero-order valence-corrected chi connectivity index (χ0v) is 27.5. The molecule has 1 amide bonds. The van der Waals surface area contributed by atoms with Gasteiger partial charge in [-0.05, 0) is 12.8 Å². The fourth-order valence-electron chi connectivity index (χ4n) is 4.81. The molecule has 0 spiro atoms. The normalized spacial score (nSPS) is 12.2. The van der Waals surface area contributed by atoms with E-state index in [1.54, 1.807) is 0 Å². The molecule has 0 aliphatic rings. The topological polar surface area (TPSA) is 136 Å². The Bertz CT molecular complexity index is 787. The van der Waals surface area contributed by atoms with Gasteiger partial charge in [-0.25, -0.2) is 4.79 Å². The van der Waals surface area contributed by atoms with E-state index >= 15 is 0 Å². The second-order valence-corrected chi connectivity index (χ2v) is 13.0. The average Bonchev–Trinajstić information content (AvgIpc) is 2.92. The summed E-state index contributed by atoms with van der Waals surface area (Å²) in [6.45, 7) is 4.80. The van der Waals surface area contributed by atoms with Crippen molar-refractivity contribution >= 4 is 28.0 Å². The Morgan fingerprint density at radius 2 is 0.952 bits per heavy atom. The molecule has 0 aliphatic heterocycles. The molecule has 10 heteroatoms. The van der Waals surface area contributed by atoms with Crippen LogP contribution in [0.4, 0.5) is 0 Å². The molecule has 9 nitrogen and oxygen atoms in total. The van der Waals surface area contributed by atoms with Crippen LogP contribution in [-0.2, 0) is 34.0 Å². The summed E-state index contributed by atoms with van der Waals surface area (Å²) in [6.07, 6.45) is 25.1. The van der Waals surface area contributed by atoms with Crippen LogP contribution in [0.1, 0.15) is 162 Å². The quantitative estimate of drug-likeness (QED) is 0.0480. The van der Waals surface area contributed by atoms with E-state index in [1.165, 1.54) is 89.9 Å². The molecule has 0 fully saturated rings. The van der Waals surface area contributed by atoms with Crippen molar-refractivity contribution < 1.29 is 36.8 Å². The van der Waals surface area contributed by atoms with E-state index in [4.69, 9.17) is 14.0 Å². The Labute approximate surface area is 256 Å². The van der Waals surface area contributed by atoms with E-state index < -0.39 is 46.2 Å². The number of unbranched alkanes of at least 4 members (excludes halogenated alkanes) is 20. The lowest BCUT2D eigenvalue weighted by atomic mass is 10.1. The van der Waals surface area contributed by atoms with Crippen LogP contribution in [0.25, 0.3) is 0 Å². The third-order valence-electron chi connectivity index (χ3n) is 7.31. The van der Waals surface area contributed by atoms with Crippen LogP contribution >= 0.6 is 0 Å². The maximum absolute atomic E-state index is 12.6. The van der Waals surface area contributed by atoms with Crippen molar-refractivity contribution in [3.8, 4) is 0 Å². The molecular formula is C32H61NO8S. The van der Waals surface area contributed by atoms with Crippen LogP contribution in [0.15, 0.2) is 0 Å². The van der Waals surface area contributed by atoms with E-state index in [0.29, 0.717) is 12.8 Å². The van der Waals surface area contributed by atoms with Gasteiger partial charge in [0.15, 0.2) is 5.75 Å². The van der Waals surface area contributed by atoms with Crippen molar-refractivity contribution in [1.82, 2.24) is 5.32 Å². The third-order valence-corrected chi connectivity index (χ3v) is 7.93. The highest BCUT2D eigenvalue weighted by Gasteiger charge is 2.27. The summed E-state index contributed by atoms with van der Waals surface area (Å²) in [5.74, 6) is -3.79. The highest BCUT2D eigenvalue weighted by molar-refractivity contribution is 7.86. The van der Waals surface area contributed by atoms with Gasteiger partial charge in [-0.3, -0.25) is 14.1 Å². The summed E-state index contributed by atoms with van der Waals surface area (Å²) in [5, 5.41) is 2.19. The van der Waals surface area contributed by atoms with Crippen molar-refractivity contribution in [2.45, 2.75) is 168 Å². The van der Waals surface area contributed by atoms with Crippen molar-refractivity contribution in [1.29, 1.82) is 0 Å². The van der Waals surface area contributed by atoms with E-state index in [9.17, 15) is 22.8 Å². The predicted octanol–water partition coefficient (Wildman–Crippen LogP) is 7.46. The molecule has 0 aliphatic carbocycles. The van der Waals surface area contributed by atoms with Crippen LogP contribution in [0.5, 0.6) is 0 Å². The van der Waals surface area contributed by atoms with Gasteiger partial charge in [0.2, 0.25) is 5.91 Å². The molecule has 0 bridgehead atoms. The van der Waals surface area contributed by atoms with Gasteiger partial charge in [-0.1, -0.05) is 142 Å². The van der Waals surface area contributed by atoms with Crippen LogP contribution in [0, 0.1) is 0 Å². The van der Waals surface area contributed by atoms with Crippen molar-refractivity contribution in [3.63, 3.8) is 0 Å². The minimum atomic E-state index is -4.58. The molecule has 2 N–H and O–H groups in total. The predicted molar refractivity (Wildman–Crippen MR) is 168 cm³/mol. The molecule has 0 aromatic rings. The van der Waals surface area contributed by atoms with Gasteiger partial charge >= 0.3 is 11.9 Å². The minimum absolute atomic E-state index is 0.147. The number of rotatable bonds is 30. The van der Waals surface area contributed by atoms with Gasteiger partial charge in [0.05, 0.1) is 19.6 Å². The SMILES string of the molecule is CCCCCCCCCCCCCOC(=O)CC(NC(=O)CS(=O)(=O)O)C(=O)OCCCCCCCCCCCCC. The summed E-state index contributed by atoms with van der Waals surface area (Å²) in [7, 11) is -4.58. The summed E-state index contributed by atoms with van der Waals surface area (Å²) in [6, 6.07) is -1.38. The van der Waals surface area contributed by atoms with Crippen molar-refractivity contribution in [2.75, 3.05) is 19.0 Å². The number of carbonyl (C=O) groups is 3. The van der Waals surface area contributed by atoms with E-state index in [0.717, 1.165) is 38.5 Å². The molecular weight excluding hydrogens is 558 g/mol. The van der Waals surface area contributed by atoms with Gasteiger partial charge in [0.25, 0.3) is 10.1 Å². The van der Waals surface area contributed by atoms with Gasteiger partial charge in [0, 0.05) is 0 Å². The van der Waals surface area contributed by atoms with E-state index in [1.807, 2.05) is 0 Å². The lowest BCUT2D eigenvalue weighted by Crippen LogP contribution is -2.45. The summed E-state index contributed by atoms with van der Waals surface area (Å²) in [4.78, 5) is 36.9. The Kier molecular flexibility index (Phi) is 27.0. The average molecular weight is 620 g/mol. The molecule has 0 saturated carbocycles. The van der Waals surface area contributed by atoms with Gasteiger partial charge < -0.3 is 14.8 Å².